The maximum atomic E-state index is 6.28. The quantitative estimate of drug-likeness (QED) is 0.773. The van der Waals surface area contributed by atoms with Gasteiger partial charge >= 0.3 is 0 Å². The van der Waals surface area contributed by atoms with E-state index in [-0.39, 0.29) is 6.10 Å². The first-order valence-corrected chi connectivity index (χ1v) is 8.35. The van der Waals surface area contributed by atoms with Crippen LogP contribution in [0.2, 0.25) is 5.02 Å². The summed E-state index contributed by atoms with van der Waals surface area (Å²) in [5.41, 5.74) is 4.95. The highest BCUT2D eigenvalue weighted by atomic mass is 35.5. The van der Waals surface area contributed by atoms with Crippen LogP contribution in [0, 0.1) is 12.8 Å². The molecule has 3 heteroatoms. The molecule has 1 saturated heterocycles. The smallest absolute Gasteiger partial charge is 0.0896 e. The Labute approximate surface area is 136 Å². The van der Waals surface area contributed by atoms with Crippen molar-refractivity contribution in [1.82, 2.24) is 0 Å². The van der Waals surface area contributed by atoms with Crippen LogP contribution in [0.1, 0.15) is 41.7 Å². The first-order valence-electron chi connectivity index (χ1n) is 7.97. The van der Waals surface area contributed by atoms with Crippen LogP contribution in [0.5, 0.6) is 0 Å². The normalized spacial score (nSPS) is 26.7. The fraction of sp³-hybridized carbons (Fsp3) is 0.368. The molecule has 0 radical (unpaired) electrons. The third kappa shape index (κ3) is 2.31. The molecule has 0 saturated carbocycles. The Morgan fingerprint density at radius 2 is 2.00 bits per heavy atom. The Morgan fingerprint density at radius 3 is 2.82 bits per heavy atom. The van der Waals surface area contributed by atoms with Crippen molar-refractivity contribution in [2.24, 2.45) is 5.92 Å². The monoisotopic (exact) mass is 313 g/mol. The van der Waals surface area contributed by atoms with Crippen LogP contribution in [0.4, 0.5) is 5.69 Å². The molecule has 2 aromatic carbocycles. The van der Waals surface area contributed by atoms with Gasteiger partial charge in [-0.3, -0.25) is 0 Å². The summed E-state index contributed by atoms with van der Waals surface area (Å²) in [4.78, 5) is 0. The van der Waals surface area contributed by atoms with E-state index in [1.807, 2.05) is 6.07 Å². The van der Waals surface area contributed by atoms with Gasteiger partial charge in [0.25, 0.3) is 0 Å². The molecule has 2 heterocycles. The number of benzene rings is 2. The Hall–Kier alpha value is -1.51. The molecule has 2 aromatic rings. The summed E-state index contributed by atoms with van der Waals surface area (Å²) in [7, 11) is 0. The van der Waals surface area contributed by atoms with Gasteiger partial charge in [-0.2, -0.15) is 0 Å². The van der Waals surface area contributed by atoms with E-state index in [1.54, 1.807) is 0 Å². The van der Waals surface area contributed by atoms with E-state index in [0.717, 1.165) is 18.1 Å². The lowest BCUT2D eigenvalue weighted by molar-refractivity contribution is -0.0381. The molecule has 2 nitrogen and oxygen atoms in total. The van der Waals surface area contributed by atoms with Crippen molar-refractivity contribution < 1.29 is 4.74 Å². The van der Waals surface area contributed by atoms with Gasteiger partial charge < -0.3 is 10.1 Å². The topological polar surface area (TPSA) is 21.3 Å². The van der Waals surface area contributed by atoms with E-state index < -0.39 is 0 Å². The zero-order valence-electron chi connectivity index (χ0n) is 12.7. The molecule has 0 aromatic heterocycles. The Morgan fingerprint density at radius 1 is 1.18 bits per heavy atom. The summed E-state index contributed by atoms with van der Waals surface area (Å²) in [5.74, 6) is 0.460. The molecule has 1 fully saturated rings. The van der Waals surface area contributed by atoms with Gasteiger partial charge in [0.05, 0.1) is 12.1 Å². The summed E-state index contributed by atoms with van der Waals surface area (Å²) in [6.07, 6.45) is 2.45. The largest absolute Gasteiger partial charge is 0.377 e. The van der Waals surface area contributed by atoms with E-state index in [1.165, 1.54) is 28.8 Å². The molecule has 3 atom stereocenters. The van der Waals surface area contributed by atoms with E-state index in [2.05, 4.69) is 48.6 Å². The summed E-state index contributed by atoms with van der Waals surface area (Å²) in [6.45, 7) is 2.95. The van der Waals surface area contributed by atoms with Crippen LogP contribution >= 0.6 is 11.6 Å². The van der Waals surface area contributed by atoms with Gasteiger partial charge in [0, 0.05) is 28.8 Å². The highest BCUT2D eigenvalue weighted by molar-refractivity contribution is 6.30. The number of hydrogen-bond acceptors (Lipinski definition) is 2. The highest BCUT2D eigenvalue weighted by Crippen LogP contribution is 2.50. The summed E-state index contributed by atoms with van der Waals surface area (Å²) >= 11 is 6.28. The van der Waals surface area contributed by atoms with Gasteiger partial charge in [-0.1, -0.05) is 41.9 Å². The van der Waals surface area contributed by atoms with Crippen molar-refractivity contribution in [1.29, 1.82) is 0 Å². The summed E-state index contributed by atoms with van der Waals surface area (Å²) < 4.78 is 6.17. The molecule has 114 valence electrons. The van der Waals surface area contributed by atoms with Crippen LogP contribution in [0.25, 0.3) is 0 Å². The van der Waals surface area contributed by atoms with E-state index in [0.29, 0.717) is 12.0 Å². The zero-order chi connectivity index (χ0) is 15.1. The second-order valence-electron chi connectivity index (χ2n) is 6.32. The molecule has 1 N–H and O–H groups in total. The molecule has 0 bridgehead atoms. The Bertz CT molecular complexity index is 685. The fourth-order valence-electron chi connectivity index (χ4n) is 3.91. The third-order valence-corrected chi connectivity index (χ3v) is 5.11. The van der Waals surface area contributed by atoms with Crippen LogP contribution in [-0.4, -0.2) is 6.61 Å². The standard InChI is InChI=1S/C19H20ClNO/c1-12-10-14(20)11-16-17(12)21-18(13-6-3-2-4-7-13)15-8-5-9-22-19(15)16/h2-4,6-7,10-11,15,18-19,21H,5,8-9H2,1H3/t15-,18+,19-/m0/s1. The second-order valence-corrected chi connectivity index (χ2v) is 6.75. The first-order chi connectivity index (χ1) is 10.7. The van der Waals surface area contributed by atoms with Gasteiger partial charge in [0.1, 0.15) is 0 Å². The lowest BCUT2D eigenvalue weighted by Crippen LogP contribution is -2.36. The Balaban J connectivity index is 1.83. The molecular weight excluding hydrogens is 294 g/mol. The second kappa shape index (κ2) is 5.60. The first kappa shape index (κ1) is 14.1. The molecule has 0 unspecified atom stereocenters. The highest BCUT2D eigenvalue weighted by Gasteiger charge is 2.40. The van der Waals surface area contributed by atoms with Crippen molar-refractivity contribution in [3.05, 3.63) is 64.2 Å². The molecule has 0 aliphatic carbocycles. The number of fused-ring (bicyclic) bond motifs is 3. The molecule has 0 amide bonds. The van der Waals surface area contributed by atoms with Crippen LogP contribution in [-0.2, 0) is 4.74 Å². The van der Waals surface area contributed by atoms with E-state index in [4.69, 9.17) is 16.3 Å². The fourth-order valence-corrected chi connectivity index (χ4v) is 4.19. The van der Waals surface area contributed by atoms with Gasteiger partial charge in [0.15, 0.2) is 0 Å². The van der Waals surface area contributed by atoms with Gasteiger partial charge in [-0.25, -0.2) is 0 Å². The molecular formula is C19H20ClNO. The Kier molecular flexibility index (Phi) is 3.59. The lowest BCUT2D eigenvalue weighted by atomic mass is 9.77. The predicted molar refractivity (Wildman–Crippen MR) is 90.4 cm³/mol. The van der Waals surface area contributed by atoms with Gasteiger partial charge in [-0.05, 0) is 43.0 Å². The zero-order valence-corrected chi connectivity index (χ0v) is 13.4. The van der Waals surface area contributed by atoms with Crippen LogP contribution in [0.3, 0.4) is 0 Å². The van der Waals surface area contributed by atoms with E-state index in [9.17, 15) is 0 Å². The lowest BCUT2D eigenvalue weighted by Gasteiger charge is -2.44. The van der Waals surface area contributed by atoms with E-state index >= 15 is 0 Å². The number of halogens is 1. The SMILES string of the molecule is Cc1cc(Cl)cc2c1N[C@H](c1ccccc1)[C@@H]1CCCO[C@H]21. The van der Waals surface area contributed by atoms with Crippen molar-refractivity contribution >= 4 is 17.3 Å². The summed E-state index contributed by atoms with van der Waals surface area (Å²) in [5, 5.41) is 4.56. The number of rotatable bonds is 1. The molecule has 2 aliphatic rings. The van der Waals surface area contributed by atoms with Gasteiger partial charge in [0.2, 0.25) is 0 Å². The van der Waals surface area contributed by atoms with Crippen LogP contribution < -0.4 is 5.32 Å². The van der Waals surface area contributed by atoms with Crippen molar-refractivity contribution in [3.63, 3.8) is 0 Å². The average Bonchev–Trinajstić information content (AvgIpc) is 2.55. The average molecular weight is 314 g/mol. The molecule has 22 heavy (non-hydrogen) atoms. The number of anilines is 1. The molecule has 2 aliphatic heterocycles. The minimum Gasteiger partial charge on any atom is -0.377 e. The van der Waals surface area contributed by atoms with Crippen molar-refractivity contribution in [2.45, 2.75) is 31.9 Å². The maximum absolute atomic E-state index is 6.28. The van der Waals surface area contributed by atoms with Crippen LogP contribution in [0.15, 0.2) is 42.5 Å². The minimum atomic E-state index is 0.146. The molecule has 0 spiro atoms. The number of aryl methyl sites for hydroxylation is 1. The van der Waals surface area contributed by atoms with Crippen molar-refractivity contribution in [3.8, 4) is 0 Å². The maximum Gasteiger partial charge on any atom is 0.0896 e. The van der Waals surface area contributed by atoms with Gasteiger partial charge in [-0.15, -0.1) is 0 Å². The number of nitrogens with one attached hydrogen (secondary N) is 1. The predicted octanol–water partition coefficient (Wildman–Crippen LogP) is 5.28. The third-order valence-electron chi connectivity index (χ3n) is 4.89. The summed E-state index contributed by atoms with van der Waals surface area (Å²) in [6, 6.07) is 15.1. The minimum absolute atomic E-state index is 0.146. The van der Waals surface area contributed by atoms with Crippen molar-refractivity contribution in [2.75, 3.05) is 11.9 Å². The number of ether oxygens (including phenoxy) is 1. The number of hydrogen-bond donors (Lipinski definition) is 1. The molecule has 4 rings (SSSR count).